The predicted octanol–water partition coefficient (Wildman–Crippen LogP) is 1.25. The van der Waals surface area contributed by atoms with Crippen LogP contribution in [0, 0.1) is 0 Å². The molecule has 0 unspecified atom stereocenters. The molecule has 23 heavy (non-hydrogen) atoms. The van der Waals surface area contributed by atoms with Gasteiger partial charge in [0.25, 0.3) is 5.91 Å². The van der Waals surface area contributed by atoms with Gasteiger partial charge in [0.2, 0.25) is 5.95 Å². The lowest BCUT2D eigenvalue weighted by Gasteiger charge is -2.11. The number of nitrogens with zero attached hydrogens (tertiary/aromatic N) is 3. The maximum atomic E-state index is 11.8. The first-order valence-corrected chi connectivity index (χ1v) is 7.11. The molecule has 7 heteroatoms. The van der Waals surface area contributed by atoms with E-state index in [-0.39, 0.29) is 12.5 Å². The van der Waals surface area contributed by atoms with Crippen LogP contribution in [-0.2, 0) is 11.3 Å². The summed E-state index contributed by atoms with van der Waals surface area (Å²) in [5.41, 5.74) is 0.737. The van der Waals surface area contributed by atoms with Gasteiger partial charge >= 0.3 is 0 Å². The molecule has 7 nitrogen and oxygen atoms in total. The molecule has 0 spiro atoms. The van der Waals surface area contributed by atoms with Crippen molar-refractivity contribution in [2.24, 2.45) is 0 Å². The normalized spacial score (nSPS) is 10.0. The molecule has 1 N–H and O–H groups in total. The summed E-state index contributed by atoms with van der Waals surface area (Å²) in [5.74, 6) is 1.73. The summed E-state index contributed by atoms with van der Waals surface area (Å²) in [4.78, 5) is 22.1. The highest BCUT2D eigenvalue weighted by Gasteiger charge is 2.05. The number of carbonyl (C=O) groups excluding carboxylic acids is 1. The zero-order chi connectivity index (χ0) is 16.7. The van der Waals surface area contributed by atoms with Crippen molar-refractivity contribution in [1.82, 2.24) is 15.3 Å². The van der Waals surface area contributed by atoms with Crippen LogP contribution in [0.4, 0.5) is 5.95 Å². The van der Waals surface area contributed by atoms with Gasteiger partial charge in [0.05, 0.1) is 19.3 Å². The van der Waals surface area contributed by atoms with Crippen molar-refractivity contribution in [3.8, 4) is 11.5 Å². The minimum atomic E-state index is -0.217. The topological polar surface area (TPSA) is 76.6 Å². The van der Waals surface area contributed by atoms with Crippen LogP contribution in [0.1, 0.15) is 5.69 Å². The second-order valence-corrected chi connectivity index (χ2v) is 4.98. The SMILES string of the molecule is COc1ccc(OCC(=O)NCc2ccnc(N(C)C)n2)cc1. The first-order valence-electron chi connectivity index (χ1n) is 7.11. The molecule has 1 aromatic heterocycles. The molecule has 1 heterocycles. The molecular weight excluding hydrogens is 296 g/mol. The van der Waals surface area contributed by atoms with E-state index in [4.69, 9.17) is 9.47 Å². The number of ether oxygens (including phenoxy) is 2. The summed E-state index contributed by atoms with van der Waals surface area (Å²) in [5, 5.41) is 2.76. The molecule has 0 saturated carbocycles. The van der Waals surface area contributed by atoms with E-state index in [1.54, 1.807) is 48.5 Å². The molecule has 0 saturated heterocycles. The van der Waals surface area contributed by atoms with Crippen LogP contribution < -0.4 is 19.7 Å². The zero-order valence-electron chi connectivity index (χ0n) is 13.4. The lowest BCUT2D eigenvalue weighted by Crippen LogP contribution is -2.29. The highest BCUT2D eigenvalue weighted by molar-refractivity contribution is 5.77. The van der Waals surface area contributed by atoms with Gasteiger partial charge in [-0.25, -0.2) is 9.97 Å². The highest BCUT2D eigenvalue weighted by Crippen LogP contribution is 2.16. The smallest absolute Gasteiger partial charge is 0.258 e. The number of aromatic nitrogens is 2. The van der Waals surface area contributed by atoms with Crippen molar-refractivity contribution < 1.29 is 14.3 Å². The number of hydrogen-bond donors (Lipinski definition) is 1. The van der Waals surface area contributed by atoms with Gasteiger partial charge in [-0.3, -0.25) is 4.79 Å². The van der Waals surface area contributed by atoms with Gasteiger partial charge in [0, 0.05) is 20.3 Å². The van der Waals surface area contributed by atoms with Crippen molar-refractivity contribution in [3.63, 3.8) is 0 Å². The minimum Gasteiger partial charge on any atom is -0.497 e. The van der Waals surface area contributed by atoms with Gasteiger partial charge in [-0.15, -0.1) is 0 Å². The van der Waals surface area contributed by atoms with Crippen molar-refractivity contribution in [3.05, 3.63) is 42.2 Å². The second-order valence-electron chi connectivity index (χ2n) is 4.98. The molecule has 0 aliphatic heterocycles. The number of hydrogen-bond acceptors (Lipinski definition) is 6. The summed E-state index contributed by atoms with van der Waals surface area (Å²) >= 11 is 0. The Morgan fingerprint density at radius 1 is 1.17 bits per heavy atom. The fourth-order valence-corrected chi connectivity index (χ4v) is 1.76. The standard InChI is InChI=1S/C16H20N4O3/c1-20(2)16-17-9-8-12(19-16)10-18-15(21)11-23-14-6-4-13(22-3)5-7-14/h4-9H,10-11H2,1-3H3,(H,18,21). The largest absolute Gasteiger partial charge is 0.497 e. The third-order valence-electron chi connectivity index (χ3n) is 3.00. The highest BCUT2D eigenvalue weighted by atomic mass is 16.5. The summed E-state index contributed by atoms with van der Waals surface area (Å²) in [7, 11) is 5.32. The minimum absolute atomic E-state index is 0.0576. The van der Waals surface area contributed by atoms with Crippen molar-refractivity contribution in [1.29, 1.82) is 0 Å². The number of amides is 1. The monoisotopic (exact) mass is 316 g/mol. The maximum Gasteiger partial charge on any atom is 0.258 e. The van der Waals surface area contributed by atoms with Crippen molar-refractivity contribution >= 4 is 11.9 Å². The van der Waals surface area contributed by atoms with Crippen LogP contribution >= 0.6 is 0 Å². The van der Waals surface area contributed by atoms with E-state index in [1.807, 2.05) is 14.1 Å². The Bertz CT molecular complexity index is 644. The predicted molar refractivity (Wildman–Crippen MR) is 86.7 cm³/mol. The fraction of sp³-hybridized carbons (Fsp3) is 0.312. The average molecular weight is 316 g/mol. The molecule has 0 fully saturated rings. The summed E-state index contributed by atoms with van der Waals surface area (Å²) in [6, 6.07) is 8.81. The van der Waals surface area contributed by atoms with Gasteiger partial charge in [-0.05, 0) is 30.3 Å². The average Bonchev–Trinajstić information content (AvgIpc) is 2.58. The van der Waals surface area contributed by atoms with Gasteiger partial charge in [-0.2, -0.15) is 0 Å². The number of anilines is 1. The van der Waals surface area contributed by atoms with Crippen LogP contribution in [0.25, 0.3) is 0 Å². The number of benzene rings is 1. The Balaban J connectivity index is 1.79. The number of rotatable bonds is 7. The molecule has 2 aromatic rings. The Labute approximate surface area is 135 Å². The van der Waals surface area contributed by atoms with E-state index in [1.165, 1.54) is 0 Å². The van der Waals surface area contributed by atoms with E-state index in [0.29, 0.717) is 18.2 Å². The Hall–Kier alpha value is -2.83. The molecular formula is C16H20N4O3. The second kappa shape index (κ2) is 7.98. The fourth-order valence-electron chi connectivity index (χ4n) is 1.76. The van der Waals surface area contributed by atoms with E-state index in [9.17, 15) is 4.79 Å². The Morgan fingerprint density at radius 2 is 1.87 bits per heavy atom. The molecule has 1 aromatic carbocycles. The first kappa shape index (κ1) is 16.5. The van der Waals surface area contributed by atoms with E-state index in [0.717, 1.165) is 11.4 Å². The number of carbonyl (C=O) groups is 1. The molecule has 0 atom stereocenters. The third-order valence-corrected chi connectivity index (χ3v) is 3.00. The Kier molecular flexibility index (Phi) is 5.74. The molecule has 122 valence electrons. The van der Waals surface area contributed by atoms with Gasteiger partial charge in [-0.1, -0.05) is 0 Å². The van der Waals surface area contributed by atoms with Crippen LogP contribution in [0.2, 0.25) is 0 Å². The number of methoxy groups -OCH3 is 1. The molecule has 0 aliphatic rings. The maximum absolute atomic E-state index is 11.8. The quantitative estimate of drug-likeness (QED) is 0.828. The van der Waals surface area contributed by atoms with Crippen LogP contribution in [0.3, 0.4) is 0 Å². The lowest BCUT2D eigenvalue weighted by atomic mass is 10.3. The first-order chi connectivity index (χ1) is 11.1. The van der Waals surface area contributed by atoms with Crippen molar-refractivity contribution in [2.75, 3.05) is 32.7 Å². The van der Waals surface area contributed by atoms with Crippen LogP contribution in [0.5, 0.6) is 11.5 Å². The van der Waals surface area contributed by atoms with Crippen LogP contribution in [-0.4, -0.2) is 43.7 Å². The molecule has 0 bridgehead atoms. The van der Waals surface area contributed by atoms with Gasteiger partial charge < -0.3 is 19.7 Å². The number of nitrogens with one attached hydrogen (secondary N) is 1. The third kappa shape index (κ3) is 5.14. The zero-order valence-corrected chi connectivity index (χ0v) is 13.4. The summed E-state index contributed by atoms with van der Waals surface area (Å²) < 4.78 is 10.5. The van der Waals surface area contributed by atoms with Gasteiger partial charge in [0.15, 0.2) is 6.61 Å². The molecule has 0 aliphatic carbocycles. The van der Waals surface area contributed by atoms with Crippen LogP contribution in [0.15, 0.2) is 36.5 Å². The molecule has 0 radical (unpaired) electrons. The van der Waals surface area contributed by atoms with E-state index in [2.05, 4.69) is 15.3 Å². The molecule has 2 rings (SSSR count). The van der Waals surface area contributed by atoms with Gasteiger partial charge in [0.1, 0.15) is 11.5 Å². The molecule has 1 amide bonds. The van der Waals surface area contributed by atoms with Crippen molar-refractivity contribution in [2.45, 2.75) is 6.54 Å². The summed E-state index contributed by atoms with van der Waals surface area (Å²) in [6.45, 7) is 0.270. The van der Waals surface area contributed by atoms with E-state index >= 15 is 0 Å². The lowest BCUT2D eigenvalue weighted by molar-refractivity contribution is -0.123. The summed E-state index contributed by atoms with van der Waals surface area (Å²) in [6.07, 6.45) is 1.66. The van der Waals surface area contributed by atoms with E-state index < -0.39 is 0 Å². The Morgan fingerprint density at radius 3 is 2.52 bits per heavy atom.